The number of allylic oxidation sites excluding steroid dienone is 4. The number of nitrogens with zero attached hydrogens (tertiary/aromatic N) is 3. The van der Waals surface area contributed by atoms with Crippen molar-refractivity contribution in [1.29, 1.82) is 0 Å². The number of fused-ring (bicyclic) bond motifs is 1. The van der Waals surface area contributed by atoms with Crippen LogP contribution >= 0.6 is 0 Å². The van der Waals surface area contributed by atoms with Crippen LogP contribution < -0.4 is 0 Å². The zero-order valence-corrected chi connectivity index (χ0v) is 18.8. The molecule has 4 heteroatoms. The number of benzene rings is 1. The second-order valence-electron chi connectivity index (χ2n) is 4.55. The Labute approximate surface area is 171 Å². The van der Waals surface area contributed by atoms with E-state index in [4.69, 9.17) is 0 Å². The summed E-state index contributed by atoms with van der Waals surface area (Å²) in [5.41, 5.74) is 0. The van der Waals surface area contributed by atoms with Gasteiger partial charge in [-0.3, -0.25) is 0 Å². The van der Waals surface area contributed by atoms with Crippen molar-refractivity contribution in [3.63, 3.8) is 0 Å². The molecule has 0 atom stereocenters. The summed E-state index contributed by atoms with van der Waals surface area (Å²) in [5, 5.41) is 13.2. The maximum Gasteiger partial charge on any atom is 4.00 e. The van der Waals surface area contributed by atoms with Crippen molar-refractivity contribution in [2.24, 2.45) is 0 Å². The summed E-state index contributed by atoms with van der Waals surface area (Å²) in [5.74, 6) is 0. The molecule has 0 N–H and O–H groups in total. The van der Waals surface area contributed by atoms with Gasteiger partial charge in [-0.05, 0) is 13.8 Å². The van der Waals surface area contributed by atoms with E-state index in [1.54, 1.807) is 42.3 Å². The Kier molecular flexibility index (Phi) is 38.9. The largest absolute Gasteiger partial charge is 4.00 e. The molecule has 2 aromatic rings. The average molecular weight is 377 g/mol. The predicted octanol–water partition coefficient (Wildman–Crippen LogP) is 6.55. The second-order valence-corrected chi connectivity index (χ2v) is 4.55. The molecule has 0 aromatic heterocycles. The van der Waals surface area contributed by atoms with Crippen LogP contribution in [0.4, 0.5) is 0 Å². The monoisotopic (exact) mass is 377 g/mol. The molecule has 3 nitrogen and oxygen atoms in total. The fraction of sp³-hybridized carbons (Fsp3) is 0.381. The minimum absolute atomic E-state index is 0. The first-order valence-electron chi connectivity index (χ1n) is 7.91. The second kappa shape index (κ2) is 30.8. The standard InChI is InChI=1S/C9H7.C6H10.3C2H6N.Ti/c1-2-5-9-7-3-6-8(9)4-1;1-3-5-6-4-2;3*1-3-2;/h1-7H;3-6H,1-2H3;3*1-2H3;/q-1;;3*-1;+4. The van der Waals surface area contributed by atoms with Crippen LogP contribution in [0.3, 0.4) is 0 Å². The van der Waals surface area contributed by atoms with Crippen molar-refractivity contribution in [1.82, 2.24) is 0 Å². The van der Waals surface area contributed by atoms with Crippen molar-refractivity contribution >= 4 is 10.8 Å². The molecule has 0 heterocycles. The molecular weight excluding hydrogens is 342 g/mol. The first-order chi connectivity index (χ1) is 11.6. The minimum Gasteiger partial charge on any atom is -0.668 e. The summed E-state index contributed by atoms with van der Waals surface area (Å²) in [6, 6.07) is 14.7. The SMILES string of the molecule is CC=CC=CC.C[N-]C.C[N-]C.C[N-]C.[Ti+4].c1ccc2[cH-]ccc2c1. The Bertz CT molecular complexity index is 446. The fourth-order valence-corrected chi connectivity index (χ4v) is 1.29. The van der Waals surface area contributed by atoms with Crippen LogP contribution in [0, 0.1) is 0 Å². The molecule has 138 valence electrons. The maximum absolute atomic E-state index is 3.50. The zero-order valence-electron chi connectivity index (χ0n) is 17.2. The Morgan fingerprint density at radius 1 is 0.720 bits per heavy atom. The van der Waals surface area contributed by atoms with Gasteiger partial charge in [0, 0.05) is 0 Å². The topological polar surface area (TPSA) is 42.3 Å². The van der Waals surface area contributed by atoms with Crippen molar-refractivity contribution in [3.8, 4) is 0 Å². The third-order valence-corrected chi connectivity index (χ3v) is 2.04. The van der Waals surface area contributed by atoms with Gasteiger partial charge in [0.05, 0.1) is 0 Å². The molecule has 0 radical (unpaired) electrons. The van der Waals surface area contributed by atoms with Crippen molar-refractivity contribution in [2.45, 2.75) is 13.8 Å². The number of rotatable bonds is 1. The van der Waals surface area contributed by atoms with E-state index in [2.05, 4.69) is 58.4 Å². The Morgan fingerprint density at radius 2 is 1.12 bits per heavy atom. The Hall–Kier alpha value is -1.10. The predicted molar refractivity (Wildman–Crippen MR) is 115 cm³/mol. The van der Waals surface area contributed by atoms with Gasteiger partial charge in [-0.1, -0.05) is 30.4 Å². The molecule has 2 aromatic carbocycles. The average Bonchev–Trinajstić information content (AvgIpc) is 3.04. The number of hydrogen-bond acceptors (Lipinski definition) is 0. The molecule has 0 aliphatic rings. The summed E-state index contributed by atoms with van der Waals surface area (Å²) in [7, 11) is 10.5. The van der Waals surface area contributed by atoms with Crippen LogP contribution in [0.25, 0.3) is 26.7 Å². The van der Waals surface area contributed by atoms with Gasteiger partial charge in [-0.25, -0.2) is 0 Å². The third-order valence-electron chi connectivity index (χ3n) is 2.04. The molecular formula is C21H35N3Ti. The zero-order chi connectivity index (χ0) is 19.1. The van der Waals surface area contributed by atoms with Crippen molar-refractivity contribution in [3.05, 3.63) is 82.7 Å². The molecule has 0 spiro atoms. The smallest absolute Gasteiger partial charge is 0.668 e. The fourth-order valence-electron chi connectivity index (χ4n) is 1.29. The van der Waals surface area contributed by atoms with E-state index in [1.165, 1.54) is 10.8 Å². The third kappa shape index (κ3) is 28.0. The minimum atomic E-state index is 0. The summed E-state index contributed by atoms with van der Waals surface area (Å²) in [4.78, 5) is 0. The molecule has 0 saturated carbocycles. The summed E-state index contributed by atoms with van der Waals surface area (Å²) < 4.78 is 0. The number of hydrogen-bond donors (Lipinski definition) is 0. The summed E-state index contributed by atoms with van der Waals surface area (Å²) in [6.07, 6.45) is 8.00. The molecule has 0 aliphatic heterocycles. The van der Waals surface area contributed by atoms with Gasteiger partial charge < -0.3 is 16.0 Å². The van der Waals surface area contributed by atoms with E-state index >= 15 is 0 Å². The van der Waals surface area contributed by atoms with Crippen LogP contribution in [-0.2, 0) is 21.7 Å². The Balaban J connectivity index is -0.000000122. The van der Waals surface area contributed by atoms with Gasteiger partial charge in [-0.2, -0.15) is 59.8 Å². The molecule has 0 unspecified atom stereocenters. The van der Waals surface area contributed by atoms with E-state index in [9.17, 15) is 0 Å². The normalized spacial score (nSPS) is 8.64. The van der Waals surface area contributed by atoms with Crippen LogP contribution in [0.5, 0.6) is 0 Å². The van der Waals surface area contributed by atoms with Crippen LogP contribution in [0.1, 0.15) is 13.8 Å². The first kappa shape index (κ1) is 31.7. The van der Waals surface area contributed by atoms with Gasteiger partial charge in [-0.15, -0.1) is 29.7 Å². The van der Waals surface area contributed by atoms with Gasteiger partial charge >= 0.3 is 21.7 Å². The summed E-state index contributed by atoms with van der Waals surface area (Å²) >= 11 is 0. The molecule has 0 saturated heterocycles. The van der Waals surface area contributed by atoms with E-state index in [1.807, 2.05) is 38.2 Å². The first-order valence-corrected chi connectivity index (χ1v) is 7.91. The molecule has 0 fully saturated rings. The maximum atomic E-state index is 3.50. The molecule has 0 bridgehead atoms. The van der Waals surface area contributed by atoms with Gasteiger partial charge in [0.2, 0.25) is 0 Å². The van der Waals surface area contributed by atoms with Crippen LogP contribution in [0.15, 0.2) is 66.8 Å². The Morgan fingerprint density at radius 3 is 1.48 bits per heavy atom. The van der Waals surface area contributed by atoms with Gasteiger partial charge in [0.15, 0.2) is 0 Å². The van der Waals surface area contributed by atoms with E-state index in [-0.39, 0.29) is 21.7 Å². The molecule has 25 heavy (non-hydrogen) atoms. The van der Waals surface area contributed by atoms with E-state index < -0.39 is 0 Å². The van der Waals surface area contributed by atoms with Crippen molar-refractivity contribution in [2.75, 3.05) is 42.3 Å². The quantitative estimate of drug-likeness (QED) is 0.307. The van der Waals surface area contributed by atoms with Crippen LogP contribution in [0.2, 0.25) is 0 Å². The van der Waals surface area contributed by atoms with Gasteiger partial charge in [0.1, 0.15) is 0 Å². The van der Waals surface area contributed by atoms with Crippen molar-refractivity contribution < 1.29 is 21.7 Å². The van der Waals surface area contributed by atoms with Crippen LogP contribution in [-0.4, -0.2) is 42.3 Å². The molecule has 0 aliphatic carbocycles. The van der Waals surface area contributed by atoms with Gasteiger partial charge in [0.25, 0.3) is 0 Å². The van der Waals surface area contributed by atoms with E-state index in [0.29, 0.717) is 0 Å². The molecule has 2 rings (SSSR count). The van der Waals surface area contributed by atoms with E-state index in [0.717, 1.165) is 0 Å². The molecule has 0 amide bonds. The summed E-state index contributed by atoms with van der Waals surface area (Å²) in [6.45, 7) is 4.00.